The molecule has 14 heteroatoms. The van der Waals surface area contributed by atoms with Crippen molar-refractivity contribution in [3.05, 3.63) is 29.3 Å². The van der Waals surface area contributed by atoms with Gasteiger partial charge >= 0.3 is 36.1 Å². The lowest BCUT2D eigenvalue weighted by atomic mass is 9.55. The molecule has 2 N–H and O–H groups in total. The van der Waals surface area contributed by atoms with Gasteiger partial charge in [-0.3, -0.25) is 9.59 Å². The number of carbonyl (C=O) groups excluding carboxylic acids is 4. The molecule has 0 aromatic heterocycles. The molecule has 0 saturated heterocycles. The van der Waals surface area contributed by atoms with E-state index in [0.29, 0.717) is 19.3 Å². The number of rotatable bonds is 10. The van der Waals surface area contributed by atoms with Crippen molar-refractivity contribution >= 4 is 23.8 Å². The lowest BCUT2D eigenvalue weighted by Crippen LogP contribution is -2.50. The second-order valence-electron chi connectivity index (χ2n) is 14.6. The van der Waals surface area contributed by atoms with Crippen LogP contribution in [0.3, 0.4) is 0 Å². The number of hydrogen-bond acceptors (Lipinski definition) is 6. The molecule has 1 aromatic rings. The molecule has 0 heterocycles. The van der Waals surface area contributed by atoms with Crippen LogP contribution >= 0.6 is 0 Å². The predicted molar refractivity (Wildman–Crippen MR) is 161 cm³/mol. The first kappa shape index (κ1) is 37.5. The molecule has 0 radical (unpaired) electrons. The fourth-order valence-corrected chi connectivity index (χ4v) is 8.03. The molecule has 48 heavy (non-hydrogen) atoms. The maximum Gasteiger partial charge on any atom is 0.471 e. The van der Waals surface area contributed by atoms with Crippen molar-refractivity contribution in [1.29, 1.82) is 0 Å². The molecule has 0 aliphatic heterocycles. The standard InChI is InChI=1S/C34H44F6N2O6/c1-17(2)14-25(41-30(45)33(35,36)37)28(43)47-20-7-9-21-19(16-20)6-8-23-22(21)12-13-32(5)24(23)10-11-27(32)48-29(44)26(15-18(3)4)42-31(46)34(38,39)40/h7,9,16-18,22-27H,6,8,10-15H2,1-5H3,(H,41,45)(H,42,46)/t22?,23?,24?,25-,26-,27-,32-/m0/s1. The molecular formula is C34H44F6N2O6. The number of fused-ring (bicyclic) bond motifs is 5. The molecule has 3 unspecified atom stereocenters. The van der Waals surface area contributed by atoms with Crippen LogP contribution in [0.1, 0.15) is 96.6 Å². The fourth-order valence-electron chi connectivity index (χ4n) is 8.03. The number of hydrogen-bond donors (Lipinski definition) is 2. The Kier molecular flexibility index (Phi) is 11.1. The molecule has 2 saturated carbocycles. The van der Waals surface area contributed by atoms with Gasteiger partial charge in [-0.25, -0.2) is 9.59 Å². The van der Waals surface area contributed by atoms with Crippen LogP contribution in [0.15, 0.2) is 18.2 Å². The third-order valence-corrected chi connectivity index (χ3v) is 10.2. The molecule has 3 aliphatic carbocycles. The Morgan fingerprint density at radius 2 is 1.40 bits per heavy atom. The van der Waals surface area contributed by atoms with Crippen molar-refractivity contribution < 1.29 is 55.0 Å². The van der Waals surface area contributed by atoms with Crippen molar-refractivity contribution in [3.63, 3.8) is 0 Å². The molecule has 3 aliphatic rings. The molecule has 268 valence electrons. The van der Waals surface area contributed by atoms with E-state index in [1.807, 2.05) is 11.4 Å². The molecular weight excluding hydrogens is 646 g/mol. The van der Waals surface area contributed by atoms with Gasteiger partial charge in [-0.2, -0.15) is 26.3 Å². The van der Waals surface area contributed by atoms with Crippen LogP contribution in [0.2, 0.25) is 0 Å². The molecule has 0 bridgehead atoms. The number of halogens is 6. The lowest BCUT2D eigenvalue weighted by Gasteiger charge is -2.50. The van der Waals surface area contributed by atoms with Crippen molar-refractivity contribution in [2.24, 2.45) is 29.1 Å². The monoisotopic (exact) mass is 690 g/mol. The summed E-state index contributed by atoms with van der Waals surface area (Å²) in [5.41, 5.74) is 1.65. The minimum absolute atomic E-state index is 0.00682. The van der Waals surface area contributed by atoms with Gasteiger partial charge in [-0.1, -0.05) is 40.7 Å². The molecule has 0 spiro atoms. The van der Waals surface area contributed by atoms with Crippen molar-refractivity contribution in [2.75, 3.05) is 0 Å². The van der Waals surface area contributed by atoms with Crippen molar-refractivity contribution in [2.45, 2.75) is 122 Å². The first-order valence-corrected chi connectivity index (χ1v) is 16.5. The summed E-state index contributed by atoms with van der Waals surface area (Å²) >= 11 is 0. The normalized spacial score (nSPS) is 26.5. The highest BCUT2D eigenvalue weighted by Crippen LogP contribution is 2.61. The van der Waals surface area contributed by atoms with Crippen molar-refractivity contribution in [3.8, 4) is 5.75 Å². The van der Waals surface area contributed by atoms with Crippen LogP contribution in [-0.4, -0.2) is 54.3 Å². The number of ether oxygens (including phenoxy) is 2. The van der Waals surface area contributed by atoms with E-state index in [4.69, 9.17) is 9.47 Å². The van der Waals surface area contributed by atoms with E-state index in [1.54, 1.807) is 45.1 Å². The Morgan fingerprint density at radius 3 is 1.94 bits per heavy atom. The second kappa shape index (κ2) is 14.3. The molecule has 8 nitrogen and oxygen atoms in total. The van der Waals surface area contributed by atoms with Crippen LogP contribution in [0, 0.1) is 29.1 Å². The number of aryl methyl sites for hydroxylation is 1. The SMILES string of the molecule is CC(C)C[C@H](NC(=O)C(F)(F)F)C(=O)Oc1ccc2c(c1)CCC1C2CC[C@@]2(C)C1CC[C@@H]2OC(=O)[C@H](CC(C)C)NC(=O)C(F)(F)F. The van der Waals surface area contributed by atoms with Crippen molar-refractivity contribution in [1.82, 2.24) is 10.6 Å². The summed E-state index contributed by atoms with van der Waals surface area (Å²) in [7, 11) is 0. The third-order valence-electron chi connectivity index (χ3n) is 10.2. The van der Waals surface area contributed by atoms with Gasteiger partial charge in [0.25, 0.3) is 0 Å². The van der Waals surface area contributed by atoms with Crippen LogP contribution < -0.4 is 15.4 Å². The molecule has 2 amide bonds. The topological polar surface area (TPSA) is 111 Å². The lowest BCUT2D eigenvalue weighted by molar-refractivity contribution is -0.177. The van der Waals surface area contributed by atoms with Gasteiger partial charge in [-0.15, -0.1) is 0 Å². The van der Waals surface area contributed by atoms with Gasteiger partial charge in [0.1, 0.15) is 23.9 Å². The predicted octanol–water partition coefficient (Wildman–Crippen LogP) is 6.55. The molecule has 1 aromatic carbocycles. The summed E-state index contributed by atoms with van der Waals surface area (Å²) in [6.45, 7) is 8.96. The van der Waals surface area contributed by atoms with Gasteiger partial charge in [-0.05, 0) is 104 Å². The number of amides is 2. The van der Waals surface area contributed by atoms with Crippen LogP contribution in [0.25, 0.3) is 0 Å². The number of carbonyl (C=O) groups is 4. The Bertz CT molecular complexity index is 1380. The van der Waals surface area contributed by atoms with Gasteiger partial charge < -0.3 is 20.1 Å². The van der Waals surface area contributed by atoms with E-state index in [-0.39, 0.29) is 48.2 Å². The average molecular weight is 691 g/mol. The van der Waals surface area contributed by atoms with E-state index < -0.39 is 59.7 Å². The summed E-state index contributed by atoms with van der Waals surface area (Å²) in [6, 6.07) is 2.31. The number of alkyl halides is 6. The minimum atomic E-state index is -5.14. The second-order valence-corrected chi connectivity index (χ2v) is 14.6. The Balaban J connectivity index is 1.44. The van der Waals surface area contributed by atoms with Crippen LogP contribution in [0.4, 0.5) is 26.3 Å². The minimum Gasteiger partial charge on any atom is -0.460 e. The zero-order valence-electron chi connectivity index (χ0n) is 27.7. The van der Waals surface area contributed by atoms with Gasteiger partial charge in [0.2, 0.25) is 0 Å². The Hall–Kier alpha value is -3.32. The van der Waals surface area contributed by atoms with Gasteiger partial charge in [0.05, 0.1) is 0 Å². The maximum atomic E-state index is 13.1. The van der Waals surface area contributed by atoms with Gasteiger partial charge in [0.15, 0.2) is 0 Å². The molecule has 2 fully saturated rings. The highest BCUT2D eigenvalue weighted by Gasteiger charge is 2.56. The molecule has 7 atom stereocenters. The van der Waals surface area contributed by atoms with E-state index in [1.165, 1.54) is 0 Å². The smallest absolute Gasteiger partial charge is 0.460 e. The van der Waals surface area contributed by atoms with E-state index in [9.17, 15) is 45.5 Å². The quantitative estimate of drug-likeness (QED) is 0.164. The van der Waals surface area contributed by atoms with Crippen LogP contribution in [0.5, 0.6) is 5.75 Å². The third kappa shape index (κ3) is 8.45. The highest BCUT2D eigenvalue weighted by atomic mass is 19.4. The first-order chi connectivity index (χ1) is 22.2. The fraction of sp³-hybridized carbons (Fsp3) is 0.706. The summed E-state index contributed by atoms with van der Waals surface area (Å²) < 4.78 is 88.8. The summed E-state index contributed by atoms with van der Waals surface area (Å²) in [6.07, 6.45) is -6.56. The Morgan fingerprint density at radius 1 is 0.833 bits per heavy atom. The van der Waals surface area contributed by atoms with E-state index >= 15 is 0 Å². The summed E-state index contributed by atoms with van der Waals surface area (Å²) in [5, 5.41) is 3.56. The maximum absolute atomic E-state index is 13.1. The number of nitrogens with one attached hydrogen (secondary N) is 2. The number of esters is 2. The Labute approximate surface area is 276 Å². The zero-order valence-corrected chi connectivity index (χ0v) is 27.7. The highest BCUT2D eigenvalue weighted by molar-refractivity contribution is 5.88. The first-order valence-electron chi connectivity index (χ1n) is 16.5. The average Bonchev–Trinajstić information content (AvgIpc) is 3.30. The number of benzene rings is 1. The molecule has 4 rings (SSSR count). The zero-order chi connectivity index (χ0) is 35.8. The summed E-state index contributed by atoms with van der Waals surface area (Å²) in [5.74, 6) is -5.81. The summed E-state index contributed by atoms with van der Waals surface area (Å²) in [4.78, 5) is 49.2. The van der Waals surface area contributed by atoms with Gasteiger partial charge in [0, 0.05) is 5.41 Å². The largest absolute Gasteiger partial charge is 0.471 e. The van der Waals surface area contributed by atoms with Crippen LogP contribution in [-0.2, 0) is 30.3 Å². The van der Waals surface area contributed by atoms with E-state index in [0.717, 1.165) is 30.4 Å². The van der Waals surface area contributed by atoms with E-state index in [2.05, 4.69) is 6.92 Å².